The van der Waals surface area contributed by atoms with Crippen molar-refractivity contribution in [1.82, 2.24) is 10.6 Å². The van der Waals surface area contributed by atoms with E-state index in [-0.39, 0.29) is 11.4 Å². The summed E-state index contributed by atoms with van der Waals surface area (Å²) < 4.78 is 0. The molecule has 0 heterocycles. The number of amides is 2. The normalized spacial score (nSPS) is 17.5. The van der Waals surface area contributed by atoms with Gasteiger partial charge in [0.05, 0.1) is 0 Å². The van der Waals surface area contributed by atoms with Crippen LogP contribution < -0.4 is 10.6 Å². The summed E-state index contributed by atoms with van der Waals surface area (Å²) in [6, 6.07) is 0.325. The predicted octanol–water partition coefficient (Wildman–Crippen LogP) is 2.01. The quantitative estimate of drug-likeness (QED) is 0.674. The van der Waals surface area contributed by atoms with E-state index in [9.17, 15) is 4.79 Å². The molecule has 1 saturated carbocycles. The molecule has 3 heteroatoms. The zero-order chi connectivity index (χ0) is 9.90. The smallest absolute Gasteiger partial charge is 0.318 e. The van der Waals surface area contributed by atoms with E-state index in [1.165, 1.54) is 0 Å². The van der Waals surface area contributed by atoms with Gasteiger partial charge in [0.1, 0.15) is 0 Å². The van der Waals surface area contributed by atoms with E-state index in [0.29, 0.717) is 6.04 Å². The summed E-state index contributed by atoms with van der Waals surface area (Å²) in [5.41, 5.74) is 0.118. The van der Waals surface area contributed by atoms with Crippen LogP contribution in [0.25, 0.3) is 0 Å². The van der Waals surface area contributed by atoms with Crippen LogP contribution in [0.3, 0.4) is 0 Å². The number of allylic oxidation sites excluding steroid dienone is 1. The fraction of sp³-hybridized carbons (Fsp3) is 0.700. The van der Waals surface area contributed by atoms with Crippen LogP contribution >= 0.6 is 0 Å². The number of carbonyl (C=O) groups excluding carboxylic acids is 1. The molecule has 0 atom stereocenters. The van der Waals surface area contributed by atoms with Gasteiger partial charge in [-0.1, -0.05) is 26.8 Å². The van der Waals surface area contributed by atoms with E-state index in [1.807, 2.05) is 6.08 Å². The Kier molecular flexibility index (Phi) is 2.96. The van der Waals surface area contributed by atoms with Crippen LogP contribution in [-0.2, 0) is 0 Å². The number of urea groups is 1. The summed E-state index contributed by atoms with van der Waals surface area (Å²) in [4.78, 5) is 11.1. The summed E-state index contributed by atoms with van der Waals surface area (Å²) in [7, 11) is 0. The van der Waals surface area contributed by atoms with Crippen molar-refractivity contribution < 1.29 is 4.79 Å². The molecule has 2 N–H and O–H groups in total. The van der Waals surface area contributed by atoms with Gasteiger partial charge in [-0.3, -0.25) is 0 Å². The van der Waals surface area contributed by atoms with Crippen LogP contribution in [0.1, 0.15) is 33.6 Å². The first-order chi connectivity index (χ1) is 5.97. The van der Waals surface area contributed by atoms with Gasteiger partial charge in [-0.15, -0.1) is 0 Å². The lowest BCUT2D eigenvalue weighted by molar-refractivity contribution is 0.243. The maximum absolute atomic E-state index is 11.1. The van der Waals surface area contributed by atoms with Gasteiger partial charge in [0.25, 0.3) is 0 Å². The molecule has 0 unspecified atom stereocenters. The van der Waals surface area contributed by atoms with Gasteiger partial charge in [0, 0.05) is 12.2 Å². The number of rotatable bonds is 2. The monoisotopic (exact) mass is 182 g/mol. The van der Waals surface area contributed by atoms with Crippen molar-refractivity contribution >= 4 is 6.03 Å². The first kappa shape index (κ1) is 10.1. The maximum atomic E-state index is 11.1. The summed E-state index contributed by atoms with van der Waals surface area (Å²) in [6.45, 7) is 6.26. The van der Waals surface area contributed by atoms with Gasteiger partial charge >= 0.3 is 6.03 Å². The zero-order valence-electron chi connectivity index (χ0n) is 8.55. The number of hydrogen-bond acceptors (Lipinski definition) is 1. The zero-order valence-corrected chi connectivity index (χ0v) is 8.55. The fourth-order valence-corrected chi connectivity index (χ4v) is 0.822. The van der Waals surface area contributed by atoms with Gasteiger partial charge in [-0.05, 0) is 18.3 Å². The van der Waals surface area contributed by atoms with Crippen molar-refractivity contribution in [2.75, 3.05) is 0 Å². The average Bonchev–Trinajstić information content (AvgIpc) is 2.68. The summed E-state index contributed by atoms with van der Waals surface area (Å²) in [6.07, 6.45) is 5.92. The molecule has 1 aliphatic rings. The van der Waals surface area contributed by atoms with Crippen LogP contribution in [0.5, 0.6) is 0 Å². The van der Waals surface area contributed by atoms with Crippen molar-refractivity contribution in [3.63, 3.8) is 0 Å². The minimum atomic E-state index is -0.0944. The third-order valence-electron chi connectivity index (χ3n) is 1.71. The Morgan fingerprint density at radius 2 is 2.00 bits per heavy atom. The highest BCUT2D eigenvalue weighted by molar-refractivity contribution is 5.75. The molecule has 0 spiro atoms. The number of carbonyl (C=O) groups is 1. The Balaban J connectivity index is 2.16. The lowest BCUT2D eigenvalue weighted by Gasteiger charge is -2.11. The van der Waals surface area contributed by atoms with Crippen LogP contribution in [0, 0.1) is 5.41 Å². The molecule has 0 aromatic carbocycles. The average molecular weight is 182 g/mol. The summed E-state index contributed by atoms with van der Waals surface area (Å²) in [5, 5.41) is 5.52. The highest BCUT2D eigenvalue weighted by Crippen LogP contribution is 2.18. The molecule has 13 heavy (non-hydrogen) atoms. The van der Waals surface area contributed by atoms with Crippen LogP contribution in [0.4, 0.5) is 4.79 Å². The number of nitrogens with one attached hydrogen (secondary N) is 2. The number of hydrogen-bond donors (Lipinski definition) is 2. The molecule has 2 amide bonds. The standard InChI is InChI=1S/C10H18N2O/c1-10(2,3)6-7-11-9(13)12-8-4-5-8/h6-8H,4-5H2,1-3H3,(H2,11,12,13)/b7-6+. The van der Waals surface area contributed by atoms with Crippen LogP contribution in [0.15, 0.2) is 12.3 Å². The van der Waals surface area contributed by atoms with E-state index >= 15 is 0 Å². The van der Waals surface area contributed by atoms with Crippen molar-refractivity contribution in [2.45, 2.75) is 39.7 Å². The Morgan fingerprint density at radius 3 is 2.46 bits per heavy atom. The van der Waals surface area contributed by atoms with Gasteiger partial charge in [0.15, 0.2) is 0 Å². The molecule has 1 fully saturated rings. The molecule has 0 bridgehead atoms. The fourth-order valence-electron chi connectivity index (χ4n) is 0.822. The molecule has 3 nitrogen and oxygen atoms in total. The SMILES string of the molecule is CC(C)(C)/C=C/NC(=O)NC1CC1. The Labute approximate surface area is 79.6 Å². The first-order valence-corrected chi connectivity index (χ1v) is 4.72. The predicted molar refractivity (Wildman–Crippen MR) is 53.3 cm³/mol. The minimum Gasteiger partial charge on any atom is -0.335 e. The van der Waals surface area contributed by atoms with E-state index < -0.39 is 0 Å². The highest BCUT2D eigenvalue weighted by Gasteiger charge is 2.22. The molecule has 1 rings (SSSR count). The topological polar surface area (TPSA) is 41.1 Å². The Morgan fingerprint density at radius 1 is 1.38 bits per heavy atom. The van der Waals surface area contributed by atoms with E-state index in [2.05, 4.69) is 31.4 Å². The van der Waals surface area contributed by atoms with E-state index in [0.717, 1.165) is 12.8 Å². The molecule has 0 aliphatic heterocycles. The second-order valence-electron chi connectivity index (χ2n) is 4.59. The molecule has 1 aliphatic carbocycles. The summed E-state index contributed by atoms with van der Waals surface area (Å²) >= 11 is 0. The Hall–Kier alpha value is -0.990. The summed E-state index contributed by atoms with van der Waals surface area (Å²) in [5.74, 6) is 0. The molecular formula is C10H18N2O. The van der Waals surface area contributed by atoms with Crippen molar-refractivity contribution in [3.05, 3.63) is 12.3 Å². The van der Waals surface area contributed by atoms with Crippen LogP contribution in [0.2, 0.25) is 0 Å². The minimum absolute atomic E-state index is 0.0944. The first-order valence-electron chi connectivity index (χ1n) is 4.72. The lowest BCUT2D eigenvalue weighted by Crippen LogP contribution is -2.33. The second kappa shape index (κ2) is 3.81. The molecule has 0 radical (unpaired) electrons. The van der Waals surface area contributed by atoms with Crippen molar-refractivity contribution in [1.29, 1.82) is 0 Å². The van der Waals surface area contributed by atoms with Crippen molar-refractivity contribution in [2.24, 2.45) is 5.41 Å². The second-order valence-corrected chi connectivity index (χ2v) is 4.59. The van der Waals surface area contributed by atoms with Crippen molar-refractivity contribution in [3.8, 4) is 0 Å². The molecule has 0 aromatic heterocycles. The largest absolute Gasteiger partial charge is 0.335 e. The van der Waals surface area contributed by atoms with E-state index in [1.54, 1.807) is 6.20 Å². The van der Waals surface area contributed by atoms with Gasteiger partial charge in [0.2, 0.25) is 0 Å². The third kappa shape index (κ3) is 5.28. The van der Waals surface area contributed by atoms with Crippen LogP contribution in [-0.4, -0.2) is 12.1 Å². The van der Waals surface area contributed by atoms with Gasteiger partial charge in [-0.25, -0.2) is 4.79 Å². The van der Waals surface area contributed by atoms with E-state index in [4.69, 9.17) is 0 Å². The maximum Gasteiger partial charge on any atom is 0.318 e. The lowest BCUT2D eigenvalue weighted by atomic mass is 9.97. The highest BCUT2D eigenvalue weighted by atomic mass is 16.2. The molecule has 0 saturated heterocycles. The van der Waals surface area contributed by atoms with Gasteiger partial charge in [-0.2, -0.15) is 0 Å². The molecule has 0 aromatic rings. The molecule has 74 valence electrons. The van der Waals surface area contributed by atoms with Gasteiger partial charge < -0.3 is 10.6 Å². The third-order valence-corrected chi connectivity index (χ3v) is 1.71. The Bertz CT molecular complexity index is 211. The molecular weight excluding hydrogens is 164 g/mol.